The normalized spacial score (nSPS) is 21.7. The van der Waals surface area contributed by atoms with Crippen LogP contribution >= 0.6 is 0 Å². The Morgan fingerprint density at radius 3 is 2.66 bits per heavy atom. The van der Waals surface area contributed by atoms with Gasteiger partial charge in [0.1, 0.15) is 5.75 Å². The summed E-state index contributed by atoms with van der Waals surface area (Å²) in [5, 5.41) is 6.84. The molecule has 3 rings (SSSR count). The number of nitrogens with zero attached hydrogens (tertiary/aromatic N) is 2. The lowest BCUT2D eigenvalue weighted by Gasteiger charge is -2.34. The number of hydrogen-bond donors (Lipinski definition) is 2. The van der Waals surface area contributed by atoms with Crippen molar-refractivity contribution in [3.05, 3.63) is 29.8 Å². The molecule has 0 saturated carbocycles. The Labute approximate surface area is 174 Å². The highest BCUT2D eigenvalue weighted by Gasteiger charge is 2.23. The van der Waals surface area contributed by atoms with E-state index in [-0.39, 0.29) is 6.04 Å². The summed E-state index contributed by atoms with van der Waals surface area (Å²) in [6.07, 6.45) is 3.77. The number of benzene rings is 1. The number of rotatable bonds is 9. The van der Waals surface area contributed by atoms with Crippen LogP contribution in [0.3, 0.4) is 0 Å². The van der Waals surface area contributed by atoms with E-state index in [9.17, 15) is 0 Å². The lowest BCUT2D eigenvalue weighted by molar-refractivity contribution is 0.0179. The molecule has 2 aliphatic rings. The first-order chi connectivity index (χ1) is 14.3. The Balaban J connectivity index is 1.64. The summed E-state index contributed by atoms with van der Waals surface area (Å²) in [7, 11) is 1.70. The number of methoxy groups -OCH3 is 1. The van der Waals surface area contributed by atoms with Crippen molar-refractivity contribution in [3.63, 3.8) is 0 Å². The summed E-state index contributed by atoms with van der Waals surface area (Å²) in [5.41, 5.74) is 1.26. The molecule has 7 heteroatoms. The highest BCUT2D eigenvalue weighted by Crippen LogP contribution is 2.24. The average Bonchev–Trinajstić information content (AvgIpc) is 3.28. The molecule has 162 valence electrons. The molecule has 1 aromatic rings. The second kappa shape index (κ2) is 12.0. The van der Waals surface area contributed by atoms with Crippen molar-refractivity contribution in [2.24, 2.45) is 4.99 Å². The topological polar surface area (TPSA) is 67.4 Å². The van der Waals surface area contributed by atoms with E-state index in [2.05, 4.69) is 34.6 Å². The van der Waals surface area contributed by atoms with Gasteiger partial charge >= 0.3 is 0 Å². The van der Waals surface area contributed by atoms with Gasteiger partial charge < -0.3 is 24.8 Å². The van der Waals surface area contributed by atoms with E-state index in [1.807, 2.05) is 12.1 Å². The van der Waals surface area contributed by atoms with E-state index in [0.29, 0.717) is 12.6 Å². The minimum Gasteiger partial charge on any atom is -0.497 e. The summed E-state index contributed by atoms with van der Waals surface area (Å²) < 4.78 is 16.6. The largest absolute Gasteiger partial charge is 0.497 e. The predicted octanol–water partition coefficient (Wildman–Crippen LogP) is 2.19. The SMILES string of the molecule is CCNC(=NCC(c1ccc(OC)cc1)N1CCOCC1)NCCC1CCCO1. The van der Waals surface area contributed by atoms with Crippen molar-refractivity contribution in [1.29, 1.82) is 0 Å². The van der Waals surface area contributed by atoms with E-state index in [1.54, 1.807) is 7.11 Å². The summed E-state index contributed by atoms with van der Waals surface area (Å²) >= 11 is 0. The molecule has 2 N–H and O–H groups in total. The van der Waals surface area contributed by atoms with Crippen LogP contribution in [0.1, 0.15) is 37.8 Å². The van der Waals surface area contributed by atoms with E-state index in [4.69, 9.17) is 19.2 Å². The molecule has 2 saturated heterocycles. The second-order valence-electron chi connectivity index (χ2n) is 7.51. The fourth-order valence-corrected chi connectivity index (χ4v) is 3.89. The van der Waals surface area contributed by atoms with Gasteiger partial charge in [-0.15, -0.1) is 0 Å². The molecule has 29 heavy (non-hydrogen) atoms. The molecule has 7 nitrogen and oxygen atoms in total. The molecule has 0 spiro atoms. The highest BCUT2D eigenvalue weighted by atomic mass is 16.5. The molecular formula is C22H36N4O3. The second-order valence-corrected chi connectivity index (χ2v) is 7.51. The van der Waals surface area contributed by atoms with E-state index >= 15 is 0 Å². The molecule has 2 atom stereocenters. The minimum atomic E-state index is 0.221. The van der Waals surface area contributed by atoms with Crippen LogP contribution in [0.25, 0.3) is 0 Å². The molecule has 0 bridgehead atoms. The number of aliphatic imine (C=N–C) groups is 1. The number of guanidine groups is 1. The molecule has 0 aromatic heterocycles. The van der Waals surface area contributed by atoms with Crippen LogP contribution in [-0.4, -0.2) is 76.6 Å². The molecule has 0 amide bonds. The van der Waals surface area contributed by atoms with Gasteiger partial charge in [-0.1, -0.05) is 12.1 Å². The Morgan fingerprint density at radius 2 is 2.00 bits per heavy atom. The summed E-state index contributed by atoms with van der Waals surface area (Å²) in [6.45, 7) is 8.82. The maximum absolute atomic E-state index is 5.72. The summed E-state index contributed by atoms with van der Waals surface area (Å²) in [6, 6.07) is 8.56. The van der Waals surface area contributed by atoms with Gasteiger partial charge in [0.2, 0.25) is 0 Å². The number of nitrogens with one attached hydrogen (secondary N) is 2. The predicted molar refractivity (Wildman–Crippen MR) is 116 cm³/mol. The average molecular weight is 405 g/mol. The van der Waals surface area contributed by atoms with E-state index < -0.39 is 0 Å². The Kier molecular flexibility index (Phi) is 9.05. The molecule has 2 aliphatic heterocycles. The Morgan fingerprint density at radius 1 is 1.21 bits per heavy atom. The fourth-order valence-electron chi connectivity index (χ4n) is 3.89. The van der Waals surface area contributed by atoms with Gasteiger partial charge in [0, 0.05) is 32.8 Å². The first-order valence-corrected chi connectivity index (χ1v) is 10.9. The minimum absolute atomic E-state index is 0.221. The van der Waals surface area contributed by atoms with Crippen molar-refractivity contribution >= 4 is 5.96 Å². The van der Waals surface area contributed by atoms with Crippen LogP contribution in [0, 0.1) is 0 Å². The molecular weight excluding hydrogens is 368 g/mol. The van der Waals surface area contributed by atoms with Crippen molar-refractivity contribution < 1.29 is 14.2 Å². The van der Waals surface area contributed by atoms with Crippen LogP contribution in [-0.2, 0) is 9.47 Å². The van der Waals surface area contributed by atoms with Crippen LogP contribution in [0.4, 0.5) is 0 Å². The van der Waals surface area contributed by atoms with Gasteiger partial charge in [0.15, 0.2) is 5.96 Å². The molecule has 0 radical (unpaired) electrons. The van der Waals surface area contributed by atoms with Gasteiger partial charge in [-0.05, 0) is 43.9 Å². The smallest absolute Gasteiger partial charge is 0.191 e. The van der Waals surface area contributed by atoms with Gasteiger partial charge in [-0.2, -0.15) is 0 Å². The third-order valence-corrected chi connectivity index (χ3v) is 5.54. The van der Waals surface area contributed by atoms with Crippen molar-refractivity contribution in [2.45, 2.75) is 38.3 Å². The maximum atomic E-state index is 5.72. The van der Waals surface area contributed by atoms with E-state index in [0.717, 1.165) is 64.1 Å². The van der Waals surface area contributed by atoms with Crippen molar-refractivity contribution in [1.82, 2.24) is 15.5 Å². The molecule has 2 heterocycles. The third kappa shape index (κ3) is 6.87. The fraction of sp³-hybridized carbons (Fsp3) is 0.682. The molecule has 0 aliphatic carbocycles. The quantitative estimate of drug-likeness (QED) is 0.486. The van der Waals surface area contributed by atoms with Gasteiger partial charge in [0.05, 0.1) is 39.0 Å². The maximum Gasteiger partial charge on any atom is 0.191 e. The van der Waals surface area contributed by atoms with Crippen LogP contribution in [0.15, 0.2) is 29.3 Å². The lowest BCUT2D eigenvalue weighted by Crippen LogP contribution is -2.42. The zero-order valence-electron chi connectivity index (χ0n) is 17.9. The van der Waals surface area contributed by atoms with Gasteiger partial charge in [0.25, 0.3) is 0 Å². The first-order valence-electron chi connectivity index (χ1n) is 10.9. The summed E-state index contributed by atoms with van der Waals surface area (Å²) in [4.78, 5) is 7.38. The molecule has 1 aromatic carbocycles. The molecule has 2 unspecified atom stereocenters. The zero-order valence-corrected chi connectivity index (χ0v) is 17.9. The zero-order chi connectivity index (χ0) is 20.3. The van der Waals surface area contributed by atoms with Crippen LogP contribution in [0.2, 0.25) is 0 Å². The van der Waals surface area contributed by atoms with E-state index in [1.165, 1.54) is 18.4 Å². The van der Waals surface area contributed by atoms with Crippen LogP contribution in [0.5, 0.6) is 5.75 Å². The first kappa shape index (κ1) is 21.9. The number of ether oxygens (including phenoxy) is 3. The standard InChI is InChI=1S/C22H36N4O3/c1-3-23-22(24-11-10-20-5-4-14-29-20)25-17-21(26-12-15-28-16-13-26)18-6-8-19(27-2)9-7-18/h6-9,20-21H,3-5,10-17H2,1-2H3,(H2,23,24,25). The number of morpholine rings is 1. The Hall–Kier alpha value is -1.83. The van der Waals surface area contributed by atoms with Gasteiger partial charge in [-0.3, -0.25) is 9.89 Å². The third-order valence-electron chi connectivity index (χ3n) is 5.54. The number of hydrogen-bond acceptors (Lipinski definition) is 5. The lowest BCUT2D eigenvalue weighted by atomic mass is 10.0. The molecule has 2 fully saturated rings. The summed E-state index contributed by atoms with van der Waals surface area (Å²) in [5.74, 6) is 1.75. The van der Waals surface area contributed by atoms with Crippen LogP contribution < -0.4 is 15.4 Å². The van der Waals surface area contributed by atoms with Crippen molar-refractivity contribution in [3.8, 4) is 5.75 Å². The Bertz CT molecular complexity index is 611. The van der Waals surface area contributed by atoms with Crippen molar-refractivity contribution in [2.75, 3.05) is 59.7 Å². The monoisotopic (exact) mass is 404 g/mol. The highest BCUT2D eigenvalue weighted by molar-refractivity contribution is 5.79. The van der Waals surface area contributed by atoms with Gasteiger partial charge in [-0.25, -0.2) is 0 Å².